The third kappa shape index (κ3) is 3.54. The largest absolute Gasteiger partial charge is 0.279 e. The lowest BCUT2D eigenvalue weighted by atomic mass is 9.81. The molecule has 1 fully saturated rings. The summed E-state index contributed by atoms with van der Waals surface area (Å²) in [6.45, 7) is 0. The second-order valence-electron chi connectivity index (χ2n) is 8.13. The van der Waals surface area contributed by atoms with Crippen LogP contribution in [0, 0.1) is 11.6 Å². The minimum absolute atomic E-state index is 0.0615. The lowest BCUT2D eigenvalue weighted by Gasteiger charge is -2.24. The average Bonchev–Trinajstić information content (AvgIpc) is 2.81. The molecule has 0 spiro atoms. The predicted octanol–water partition coefficient (Wildman–Crippen LogP) is 6.38. The van der Waals surface area contributed by atoms with Gasteiger partial charge in [-0.05, 0) is 42.5 Å². The van der Waals surface area contributed by atoms with Crippen molar-refractivity contribution in [3.63, 3.8) is 0 Å². The second-order valence-corrected chi connectivity index (χ2v) is 8.13. The molecule has 0 atom stereocenters. The predicted molar refractivity (Wildman–Crippen MR) is 119 cm³/mol. The van der Waals surface area contributed by atoms with Gasteiger partial charge in [0.15, 0.2) is 5.82 Å². The molecule has 1 heterocycles. The molecule has 0 saturated heterocycles. The number of rotatable bonds is 3. The van der Waals surface area contributed by atoms with E-state index in [2.05, 4.69) is 11.2 Å². The zero-order valence-corrected chi connectivity index (χ0v) is 17.0. The Morgan fingerprint density at radius 2 is 1.55 bits per heavy atom. The second kappa shape index (κ2) is 8.06. The summed E-state index contributed by atoms with van der Waals surface area (Å²) in [6.07, 6.45) is 5.91. The molecule has 156 valence electrons. The molecule has 3 nitrogen and oxygen atoms in total. The van der Waals surface area contributed by atoms with E-state index in [0.717, 1.165) is 40.6 Å². The molecule has 5 heteroatoms. The minimum Gasteiger partial charge on any atom is -0.267 e. The highest BCUT2D eigenvalue weighted by molar-refractivity contribution is 5.94. The van der Waals surface area contributed by atoms with Crippen LogP contribution in [0.4, 0.5) is 8.78 Å². The molecular formula is C26H22F2N2O. The van der Waals surface area contributed by atoms with E-state index < -0.39 is 17.2 Å². The molecule has 0 aliphatic heterocycles. The van der Waals surface area contributed by atoms with Gasteiger partial charge in [0, 0.05) is 17.0 Å². The summed E-state index contributed by atoms with van der Waals surface area (Å²) in [5.41, 5.74) is 2.32. The number of hydrogen-bond acceptors (Lipinski definition) is 2. The maximum absolute atomic E-state index is 14.6. The van der Waals surface area contributed by atoms with Crippen LogP contribution in [0.15, 0.2) is 71.5 Å². The number of hydrogen-bond donors (Lipinski definition) is 0. The number of halogens is 2. The highest BCUT2D eigenvalue weighted by Crippen LogP contribution is 2.39. The molecule has 31 heavy (non-hydrogen) atoms. The molecule has 1 aromatic heterocycles. The Hall–Kier alpha value is -3.34. The molecule has 0 amide bonds. The fourth-order valence-corrected chi connectivity index (χ4v) is 4.69. The van der Waals surface area contributed by atoms with Crippen molar-refractivity contribution in [1.82, 2.24) is 9.78 Å². The summed E-state index contributed by atoms with van der Waals surface area (Å²) >= 11 is 0. The van der Waals surface area contributed by atoms with Gasteiger partial charge in [-0.1, -0.05) is 61.7 Å². The van der Waals surface area contributed by atoms with Crippen LogP contribution >= 0.6 is 0 Å². The van der Waals surface area contributed by atoms with E-state index in [1.807, 2.05) is 30.3 Å². The van der Waals surface area contributed by atoms with Gasteiger partial charge in [-0.15, -0.1) is 0 Å². The Morgan fingerprint density at radius 3 is 2.32 bits per heavy atom. The minimum atomic E-state index is -0.823. The number of fused-ring (bicyclic) bond motifs is 1. The molecule has 5 rings (SSSR count). The van der Waals surface area contributed by atoms with E-state index in [4.69, 9.17) is 0 Å². The molecule has 1 aliphatic rings. The van der Waals surface area contributed by atoms with Crippen LogP contribution in [0.3, 0.4) is 0 Å². The van der Waals surface area contributed by atoms with Crippen LogP contribution in [-0.2, 0) is 0 Å². The molecule has 0 N–H and O–H groups in total. The van der Waals surface area contributed by atoms with Gasteiger partial charge in [0.1, 0.15) is 11.5 Å². The van der Waals surface area contributed by atoms with Crippen molar-refractivity contribution >= 4 is 10.8 Å². The Kier molecular flexibility index (Phi) is 5.10. The number of benzene rings is 3. The zero-order valence-electron chi connectivity index (χ0n) is 17.0. The number of aromatic nitrogens is 2. The standard InChI is InChI=1S/C26H22F2N2O/c27-18-14-15-24(23(28)16-18)30-26(31)22-13-7-6-12-21(22)25(29-30)20-11-5-4-10-19(20)17-8-2-1-3-9-17/h4-7,10-17H,1-3,8-9H2. The first-order chi connectivity index (χ1) is 15.1. The summed E-state index contributed by atoms with van der Waals surface area (Å²) in [6, 6.07) is 18.6. The Labute approximate surface area is 179 Å². The smallest absolute Gasteiger partial charge is 0.267 e. The summed E-state index contributed by atoms with van der Waals surface area (Å²) in [4.78, 5) is 13.2. The molecule has 0 radical (unpaired) electrons. The highest BCUT2D eigenvalue weighted by atomic mass is 19.1. The van der Waals surface area contributed by atoms with Crippen LogP contribution in [0.2, 0.25) is 0 Å². The summed E-state index contributed by atoms with van der Waals surface area (Å²) in [5, 5.41) is 5.81. The van der Waals surface area contributed by atoms with Gasteiger partial charge in [0.25, 0.3) is 5.56 Å². The van der Waals surface area contributed by atoms with Gasteiger partial charge >= 0.3 is 0 Å². The molecule has 3 aromatic carbocycles. The monoisotopic (exact) mass is 416 g/mol. The topological polar surface area (TPSA) is 34.9 Å². The van der Waals surface area contributed by atoms with Crippen molar-refractivity contribution in [3.8, 4) is 16.9 Å². The Morgan fingerprint density at radius 1 is 0.839 bits per heavy atom. The van der Waals surface area contributed by atoms with Crippen LogP contribution < -0.4 is 5.56 Å². The quantitative estimate of drug-likeness (QED) is 0.388. The van der Waals surface area contributed by atoms with Crippen molar-refractivity contribution < 1.29 is 8.78 Å². The van der Waals surface area contributed by atoms with Gasteiger partial charge in [0.05, 0.1) is 11.1 Å². The SMILES string of the molecule is O=c1c2ccccc2c(-c2ccccc2C2CCCCC2)nn1-c1ccc(F)cc1F. The molecular weight excluding hydrogens is 394 g/mol. The van der Waals surface area contributed by atoms with Crippen LogP contribution in [0.5, 0.6) is 0 Å². The summed E-state index contributed by atoms with van der Waals surface area (Å²) in [7, 11) is 0. The van der Waals surface area contributed by atoms with E-state index in [1.54, 1.807) is 12.1 Å². The summed E-state index contributed by atoms with van der Waals surface area (Å²) in [5.74, 6) is -1.08. The molecule has 1 saturated carbocycles. The number of nitrogens with zero attached hydrogens (tertiary/aromatic N) is 2. The Balaban J connectivity index is 1.79. The lowest BCUT2D eigenvalue weighted by molar-refractivity contribution is 0.444. The fourth-order valence-electron chi connectivity index (χ4n) is 4.69. The molecule has 0 bridgehead atoms. The zero-order chi connectivity index (χ0) is 21.4. The van der Waals surface area contributed by atoms with E-state index >= 15 is 0 Å². The first-order valence-corrected chi connectivity index (χ1v) is 10.7. The van der Waals surface area contributed by atoms with Crippen molar-refractivity contribution in [1.29, 1.82) is 0 Å². The third-order valence-corrected chi connectivity index (χ3v) is 6.20. The van der Waals surface area contributed by atoms with Crippen molar-refractivity contribution in [3.05, 3.63) is 94.3 Å². The van der Waals surface area contributed by atoms with Crippen LogP contribution in [0.25, 0.3) is 27.7 Å². The first-order valence-electron chi connectivity index (χ1n) is 10.7. The Bertz CT molecular complexity index is 1320. The first kappa shape index (κ1) is 19.6. The lowest BCUT2D eigenvalue weighted by Crippen LogP contribution is -2.23. The molecule has 0 unspecified atom stereocenters. The van der Waals surface area contributed by atoms with Crippen molar-refractivity contribution in [2.45, 2.75) is 38.0 Å². The van der Waals surface area contributed by atoms with Crippen molar-refractivity contribution in [2.24, 2.45) is 0 Å². The van der Waals surface area contributed by atoms with Gasteiger partial charge in [0.2, 0.25) is 0 Å². The average molecular weight is 416 g/mol. The third-order valence-electron chi connectivity index (χ3n) is 6.20. The highest BCUT2D eigenvalue weighted by Gasteiger charge is 2.22. The van der Waals surface area contributed by atoms with E-state index in [0.29, 0.717) is 17.0 Å². The molecule has 4 aromatic rings. The fraction of sp³-hybridized carbons (Fsp3) is 0.231. The van der Waals surface area contributed by atoms with Crippen LogP contribution in [-0.4, -0.2) is 9.78 Å². The van der Waals surface area contributed by atoms with E-state index in [1.165, 1.54) is 30.9 Å². The van der Waals surface area contributed by atoms with E-state index in [9.17, 15) is 13.6 Å². The maximum atomic E-state index is 14.6. The van der Waals surface area contributed by atoms with Gasteiger partial charge < -0.3 is 0 Å². The molecule has 1 aliphatic carbocycles. The normalized spacial score (nSPS) is 14.8. The van der Waals surface area contributed by atoms with Gasteiger partial charge in [-0.3, -0.25) is 4.79 Å². The van der Waals surface area contributed by atoms with E-state index in [-0.39, 0.29) is 5.69 Å². The summed E-state index contributed by atoms with van der Waals surface area (Å²) < 4.78 is 29.1. The van der Waals surface area contributed by atoms with Crippen LogP contribution in [0.1, 0.15) is 43.6 Å². The van der Waals surface area contributed by atoms with Gasteiger partial charge in [-0.25, -0.2) is 8.78 Å². The van der Waals surface area contributed by atoms with Gasteiger partial charge in [-0.2, -0.15) is 9.78 Å². The maximum Gasteiger partial charge on any atom is 0.279 e. The van der Waals surface area contributed by atoms with Crippen molar-refractivity contribution in [2.75, 3.05) is 0 Å².